The van der Waals surface area contributed by atoms with Gasteiger partial charge in [-0.15, -0.1) is 0 Å². The molecule has 1 aliphatic rings. The molecule has 156 valence electrons. The molecule has 1 fully saturated rings. The van der Waals surface area contributed by atoms with E-state index in [-0.39, 0.29) is 23.6 Å². The fourth-order valence-corrected chi connectivity index (χ4v) is 3.70. The van der Waals surface area contributed by atoms with Gasteiger partial charge in [-0.1, -0.05) is 30.3 Å². The molecule has 1 saturated heterocycles. The van der Waals surface area contributed by atoms with Crippen molar-refractivity contribution < 1.29 is 18.0 Å². The molecule has 1 aromatic heterocycles. The highest BCUT2D eigenvalue weighted by molar-refractivity contribution is 5.82. The van der Waals surface area contributed by atoms with Crippen LogP contribution in [0.15, 0.2) is 36.4 Å². The number of benzene rings is 1. The van der Waals surface area contributed by atoms with Crippen molar-refractivity contribution in [3.63, 3.8) is 0 Å². The maximum atomic E-state index is 13.2. The Labute approximate surface area is 167 Å². The molecule has 1 aliphatic heterocycles. The van der Waals surface area contributed by atoms with E-state index in [1.807, 2.05) is 30.3 Å². The standard InChI is InChI=1S/C20H24F3N5O/c1-27(2)16-12-15(20(21,22)23)25-19(26-16)28-10-8-14(9-11-28)17(18(24)29)13-6-4-3-5-7-13/h3-7,12,14,17H,8-11H2,1-2H3,(H2,24,29). The van der Waals surface area contributed by atoms with Crippen molar-refractivity contribution in [2.24, 2.45) is 11.7 Å². The molecule has 0 spiro atoms. The van der Waals surface area contributed by atoms with E-state index in [9.17, 15) is 18.0 Å². The van der Waals surface area contributed by atoms with Gasteiger partial charge in [0.2, 0.25) is 11.9 Å². The van der Waals surface area contributed by atoms with Crippen LogP contribution >= 0.6 is 0 Å². The summed E-state index contributed by atoms with van der Waals surface area (Å²) in [5.41, 5.74) is 5.56. The van der Waals surface area contributed by atoms with E-state index < -0.39 is 17.8 Å². The molecule has 0 aliphatic carbocycles. The molecule has 6 nitrogen and oxygen atoms in total. The topological polar surface area (TPSA) is 75.3 Å². The van der Waals surface area contributed by atoms with Crippen molar-refractivity contribution in [3.8, 4) is 0 Å². The molecule has 2 aromatic rings. The Hall–Kier alpha value is -2.84. The fraction of sp³-hybridized carbons (Fsp3) is 0.450. The predicted octanol–water partition coefficient (Wildman–Crippen LogP) is 3.05. The first-order valence-corrected chi connectivity index (χ1v) is 9.39. The summed E-state index contributed by atoms with van der Waals surface area (Å²) in [6.45, 7) is 0.908. The highest BCUT2D eigenvalue weighted by Crippen LogP contribution is 2.35. The molecule has 2 N–H and O–H groups in total. The van der Waals surface area contributed by atoms with Crippen LogP contribution in [-0.4, -0.2) is 43.1 Å². The molecule has 0 bridgehead atoms. The molecule has 9 heteroatoms. The predicted molar refractivity (Wildman–Crippen MR) is 105 cm³/mol. The quantitative estimate of drug-likeness (QED) is 0.825. The number of carbonyl (C=O) groups is 1. The zero-order chi connectivity index (χ0) is 21.2. The van der Waals surface area contributed by atoms with E-state index in [0.29, 0.717) is 25.9 Å². The number of aromatic nitrogens is 2. The first-order valence-electron chi connectivity index (χ1n) is 9.39. The number of hydrogen-bond acceptors (Lipinski definition) is 5. The Balaban J connectivity index is 1.80. The van der Waals surface area contributed by atoms with E-state index in [4.69, 9.17) is 5.73 Å². The average Bonchev–Trinajstić information content (AvgIpc) is 2.68. The zero-order valence-corrected chi connectivity index (χ0v) is 16.4. The average molecular weight is 407 g/mol. The van der Waals surface area contributed by atoms with Gasteiger partial charge in [0.05, 0.1) is 5.92 Å². The monoisotopic (exact) mass is 407 g/mol. The van der Waals surface area contributed by atoms with Crippen LogP contribution in [-0.2, 0) is 11.0 Å². The molecule has 0 radical (unpaired) electrons. The molecule has 2 heterocycles. The third-order valence-corrected chi connectivity index (χ3v) is 5.21. The number of primary amides is 1. The lowest BCUT2D eigenvalue weighted by atomic mass is 9.79. The van der Waals surface area contributed by atoms with Crippen LogP contribution in [0.25, 0.3) is 0 Å². The maximum absolute atomic E-state index is 13.2. The highest BCUT2D eigenvalue weighted by atomic mass is 19.4. The van der Waals surface area contributed by atoms with E-state index in [0.717, 1.165) is 11.6 Å². The molecule has 1 unspecified atom stereocenters. The highest BCUT2D eigenvalue weighted by Gasteiger charge is 2.36. The van der Waals surface area contributed by atoms with Crippen LogP contribution in [0.4, 0.5) is 24.9 Å². The minimum absolute atomic E-state index is 0.0188. The molecular formula is C20H24F3N5O. The van der Waals surface area contributed by atoms with E-state index >= 15 is 0 Å². The molecule has 3 rings (SSSR count). The Morgan fingerprint density at radius 2 is 1.79 bits per heavy atom. The van der Waals surface area contributed by atoms with Crippen molar-refractivity contribution >= 4 is 17.7 Å². The molecule has 0 saturated carbocycles. The summed E-state index contributed by atoms with van der Waals surface area (Å²) in [6.07, 6.45) is -3.33. The van der Waals surface area contributed by atoms with Crippen LogP contribution < -0.4 is 15.5 Å². The van der Waals surface area contributed by atoms with Gasteiger partial charge in [0, 0.05) is 33.3 Å². The van der Waals surface area contributed by atoms with Gasteiger partial charge < -0.3 is 15.5 Å². The number of nitrogens with two attached hydrogens (primary N) is 1. The van der Waals surface area contributed by atoms with E-state index in [2.05, 4.69) is 9.97 Å². The van der Waals surface area contributed by atoms with Crippen molar-refractivity contribution in [2.75, 3.05) is 37.0 Å². The number of amides is 1. The van der Waals surface area contributed by atoms with Crippen LogP contribution in [0.5, 0.6) is 0 Å². The Morgan fingerprint density at radius 3 is 2.31 bits per heavy atom. The third kappa shape index (κ3) is 4.78. The summed E-state index contributed by atoms with van der Waals surface area (Å²) in [4.78, 5) is 23.4. The number of halogens is 3. The summed E-state index contributed by atoms with van der Waals surface area (Å²) >= 11 is 0. The molecular weight excluding hydrogens is 383 g/mol. The lowest BCUT2D eigenvalue weighted by Gasteiger charge is -2.35. The normalized spacial score (nSPS) is 16.5. The van der Waals surface area contributed by atoms with Crippen LogP contribution in [0.2, 0.25) is 0 Å². The summed E-state index contributed by atoms with van der Waals surface area (Å²) < 4.78 is 39.7. The second kappa shape index (κ2) is 8.26. The number of nitrogens with zero attached hydrogens (tertiary/aromatic N) is 4. The van der Waals surface area contributed by atoms with Gasteiger partial charge in [-0.25, -0.2) is 4.98 Å². The second-order valence-electron chi connectivity index (χ2n) is 7.42. The second-order valence-corrected chi connectivity index (χ2v) is 7.42. The van der Waals surface area contributed by atoms with Gasteiger partial charge in [-0.05, 0) is 24.3 Å². The lowest BCUT2D eigenvalue weighted by molar-refractivity contribution is -0.141. The summed E-state index contributed by atoms with van der Waals surface area (Å²) in [7, 11) is 3.27. The van der Waals surface area contributed by atoms with Crippen LogP contribution in [0.1, 0.15) is 30.0 Å². The molecule has 1 atom stereocenters. The minimum Gasteiger partial charge on any atom is -0.369 e. The molecule has 1 amide bonds. The van der Waals surface area contributed by atoms with Gasteiger partial charge in [0.25, 0.3) is 0 Å². The minimum atomic E-state index is -4.55. The first kappa shape index (κ1) is 20.9. The van der Waals surface area contributed by atoms with Crippen molar-refractivity contribution in [1.82, 2.24) is 9.97 Å². The van der Waals surface area contributed by atoms with Gasteiger partial charge in [-0.2, -0.15) is 18.2 Å². The summed E-state index contributed by atoms with van der Waals surface area (Å²) in [6, 6.07) is 10.3. The van der Waals surface area contributed by atoms with Gasteiger partial charge in [0.15, 0.2) is 5.69 Å². The number of rotatable bonds is 5. The first-order chi connectivity index (χ1) is 13.7. The number of carbonyl (C=O) groups excluding carboxylic acids is 1. The summed E-state index contributed by atoms with van der Waals surface area (Å²) in [5, 5.41) is 0. The lowest BCUT2D eigenvalue weighted by Crippen LogP contribution is -2.40. The Morgan fingerprint density at radius 1 is 1.17 bits per heavy atom. The fourth-order valence-electron chi connectivity index (χ4n) is 3.70. The maximum Gasteiger partial charge on any atom is 0.433 e. The number of anilines is 2. The largest absolute Gasteiger partial charge is 0.433 e. The zero-order valence-electron chi connectivity index (χ0n) is 16.4. The van der Waals surface area contributed by atoms with Crippen LogP contribution in [0.3, 0.4) is 0 Å². The van der Waals surface area contributed by atoms with Gasteiger partial charge in [0.1, 0.15) is 5.82 Å². The van der Waals surface area contributed by atoms with E-state index in [1.165, 1.54) is 4.90 Å². The third-order valence-electron chi connectivity index (χ3n) is 5.21. The van der Waals surface area contributed by atoms with Crippen molar-refractivity contribution in [3.05, 3.63) is 47.7 Å². The number of hydrogen-bond donors (Lipinski definition) is 1. The Bertz CT molecular complexity index is 849. The van der Waals surface area contributed by atoms with Gasteiger partial charge >= 0.3 is 6.18 Å². The van der Waals surface area contributed by atoms with Crippen molar-refractivity contribution in [2.45, 2.75) is 24.9 Å². The van der Waals surface area contributed by atoms with E-state index in [1.54, 1.807) is 19.0 Å². The smallest absolute Gasteiger partial charge is 0.369 e. The molecule has 29 heavy (non-hydrogen) atoms. The molecule has 1 aromatic carbocycles. The van der Waals surface area contributed by atoms with Crippen LogP contribution in [0, 0.1) is 5.92 Å². The summed E-state index contributed by atoms with van der Waals surface area (Å²) in [5.74, 6) is -0.538. The Kier molecular flexibility index (Phi) is 5.95. The van der Waals surface area contributed by atoms with Crippen molar-refractivity contribution in [1.29, 1.82) is 0 Å². The number of alkyl halides is 3. The van der Waals surface area contributed by atoms with Gasteiger partial charge in [-0.3, -0.25) is 4.79 Å². The SMILES string of the molecule is CN(C)c1cc(C(F)(F)F)nc(N2CCC(C(C(N)=O)c3ccccc3)CC2)n1. The number of piperidine rings is 1.